The fourth-order valence-corrected chi connectivity index (χ4v) is 1.65. The molecule has 1 saturated carbocycles. The second-order valence-electron chi connectivity index (χ2n) is 4.30. The molecule has 1 aliphatic rings. The van der Waals surface area contributed by atoms with Crippen LogP contribution in [0.3, 0.4) is 0 Å². The fraction of sp³-hybridized carbons (Fsp3) is 0.909. The molecule has 0 radical (unpaired) electrons. The molecule has 1 aliphatic carbocycles. The summed E-state index contributed by atoms with van der Waals surface area (Å²) in [7, 11) is 1.66. The summed E-state index contributed by atoms with van der Waals surface area (Å²) in [4.78, 5) is 11.3. The van der Waals surface area contributed by atoms with Crippen LogP contribution in [0.2, 0.25) is 0 Å². The summed E-state index contributed by atoms with van der Waals surface area (Å²) < 4.78 is 4.89. The summed E-state index contributed by atoms with van der Waals surface area (Å²) >= 11 is 0. The highest BCUT2D eigenvalue weighted by Gasteiger charge is 2.34. The maximum Gasteiger partial charge on any atom is 0.220 e. The molecule has 0 aromatic heterocycles. The van der Waals surface area contributed by atoms with E-state index in [0.29, 0.717) is 19.6 Å². The Hall–Kier alpha value is -0.610. The predicted molar refractivity (Wildman–Crippen MR) is 57.5 cm³/mol. The maximum atomic E-state index is 11.3. The number of methoxy groups -OCH3 is 1. The molecule has 0 aromatic rings. The van der Waals surface area contributed by atoms with Crippen LogP contribution < -0.4 is 5.32 Å². The van der Waals surface area contributed by atoms with Crippen LogP contribution in [0.15, 0.2) is 0 Å². The minimum absolute atomic E-state index is 0.0337. The van der Waals surface area contributed by atoms with Crippen LogP contribution in [-0.2, 0) is 9.53 Å². The number of unbranched alkanes of at least 4 members (excludes halogenated alkanes) is 1. The second-order valence-corrected chi connectivity index (χ2v) is 4.30. The van der Waals surface area contributed by atoms with Gasteiger partial charge in [0.05, 0.1) is 5.60 Å². The van der Waals surface area contributed by atoms with Crippen molar-refractivity contribution >= 4 is 5.91 Å². The first-order chi connectivity index (χ1) is 7.16. The Morgan fingerprint density at radius 3 is 2.73 bits per heavy atom. The zero-order valence-electron chi connectivity index (χ0n) is 9.42. The summed E-state index contributed by atoms with van der Waals surface area (Å²) in [6.07, 6.45) is 4.99. The molecule has 1 rings (SSSR count). The molecule has 0 aromatic carbocycles. The molecule has 4 heteroatoms. The number of hydrogen-bond donors (Lipinski definition) is 2. The molecule has 0 bridgehead atoms. The van der Waals surface area contributed by atoms with Gasteiger partial charge in [-0.05, 0) is 32.1 Å². The van der Waals surface area contributed by atoms with Crippen molar-refractivity contribution in [1.29, 1.82) is 0 Å². The number of carbonyl (C=O) groups excluding carboxylic acids is 1. The van der Waals surface area contributed by atoms with Crippen molar-refractivity contribution in [2.45, 2.75) is 44.1 Å². The summed E-state index contributed by atoms with van der Waals surface area (Å²) in [6, 6.07) is 0. The highest BCUT2D eigenvalue weighted by atomic mass is 16.5. The molecule has 1 fully saturated rings. The molecule has 15 heavy (non-hydrogen) atoms. The molecule has 0 atom stereocenters. The van der Waals surface area contributed by atoms with Crippen molar-refractivity contribution in [3.63, 3.8) is 0 Å². The molecule has 0 heterocycles. The Balaban J connectivity index is 1.98. The molecule has 0 unspecified atom stereocenters. The van der Waals surface area contributed by atoms with Crippen molar-refractivity contribution in [2.75, 3.05) is 20.3 Å². The molecule has 4 nitrogen and oxygen atoms in total. The summed E-state index contributed by atoms with van der Waals surface area (Å²) in [6.45, 7) is 1.12. The topological polar surface area (TPSA) is 58.6 Å². The van der Waals surface area contributed by atoms with Gasteiger partial charge in [-0.25, -0.2) is 0 Å². The van der Waals surface area contributed by atoms with E-state index in [1.54, 1.807) is 7.11 Å². The Morgan fingerprint density at radius 1 is 1.47 bits per heavy atom. The maximum absolute atomic E-state index is 11.3. The molecule has 0 spiro atoms. The van der Waals surface area contributed by atoms with Gasteiger partial charge in [0.2, 0.25) is 5.91 Å². The summed E-state index contributed by atoms with van der Waals surface area (Å²) in [5.74, 6) is 0.0337. The van der Waals surface area contributed by atoms with Crippen molar-refractivity contribution in [1.82, 2.24) is 5.32 Å². The van der Waals surface area contributed by atoms with Crippen LogP contribution in [-0.4, -0.2) is 36.9 Å². The van der Waals surface area contributed by atoms with Crippen molar-refractivity contribution in [3.05, 3.63) is 0 Å². The molecule has 2 N–H and O–H groups in total. The standard InChI is InChI=1S/C11H21NO3/c1-15-8-3-2-5-10(13)12-9-11(14)6-4-7-11/h14H,2-9H2,1H3,(H,12,13). The predicted octanol–water partition coefficient (Wildman–Crippen LogP) is 0.834. The third-order valence-corrected chi connectivity index (χ3v) is 2.90. The molecule has 88 valence electrons. The molecular weight excluding hydrogens is 194 g/mol. The first-order valence-corrected chi connectivity index (χ1v) is 5.64. The molecule has 1 amide bonds. The first-order valence-electron chi connectivity index (χ1n) is 5.64. The lowest BCUT2D eigenvalue weighted by atomic mass is 9.80. The van der Waals surface area contributed by atoms with E-state index in [-0.39, 0.29) is 5.91 Å². The Kier molecular flexibility index (Phi) is 5.05. The third kappa shape index (κ3) is 4.62. The van der Waals surface area contributed by atoms with E-state index < -0.39 is 5.60 Å². The smallest absolute Gasteiger partial charge is 0.220 e. The lowest BCUT2D eigenvalue weighted by Crippen LogP contribution is -2.47. The van der Waals surface area contributed by atoms with E-state index >= 15 is 0 Å². The molecule has 0 saturated heterocycles. The zero-order valence-corrected chi connectivity index (χ0v) is 9.42. The minimum atomic E-state index is -0.609. The zero-order chi connectivity index (χ0) is 11.1. The van der Waals surface area contributed by atoms with E-state index in [2.05, 4.69) is 5.32 Å². The first kappa shape index (κ1) is 12.5. The average Bonchev–Trinajstić information content (AvgIpc) is 2.19. The van der Waals surface area contributed by atoms with Gasteiger partial charge >= 0.3 is 0 Å². The number of aliphatic hydroxyl groups is 1. The Morgan fingerprint density at radius 2 is 2.20 bits per heavy atom. The largest absolute Gasteiger partial charge is 0.388 e. The van der Waals surface area contributed by atoms with E-state index in [4.69, 9.17) is 4.74 Å². The second kappa shape index (κ2) is 6.08. The van der Waals surface area contributed by atoms with Crippen molar-refractivity contribution < 1.29 is 14.6 Å². The van der Waals surface area contributed by atoms with Gasteiger partial charge in [-0.3, -0.25) is 4.79 Å². The van der Waals surface area contributed by atoms with Crippen LogP contribution >= 0.6 is 0 Å². The van der Waals surface area contributed by atoms with Gasteiger partial charge in [-0.1, -0.05) is 0 Å². The number of amides is 1. The van der Waals surface area contributed by atoms with E-state index in [9.17, 15) is 9.90 Å². The van der Waals surface area contributed by atoms with E-state index in [1.165, 1.54) is 0 Å². The van der Waals surface area contributed by atoms with Crippen LogP contribution in [0.4, 0.5) is 0 Å². The van der Waals surface area contributed by atoms with Crippen LogP contribution in [0, 0.1) is 0 Å². The number of ether oxygens (including phenoxy) is 1. The summed E-state index contributed by atoms with van der Waals surface area (Å²) in [5.41, 5.74) is -0.609. The number of nitrogens with one attached hydrogen (secondary N) is 1. The molecule has 0 aliphatic heterocycles. The number of carbonyl (C=O) groups is 1. The van der Waals surface area contributed by atoms with E-state index in [1.807, 2.05) is 0 Å². The summed E-state index contributed by atoms with van der Waals surface area (Å²) in [5, 5.41) is 12.5. The number of hydrogen-bond acceptors (Lipinski definition) is 3. The van der Waals surface area contributed by atoms with Crippen LogP contribution in [0.5, 0.6) is 0 Å². The minimum Gasteiger partial charge on any atom is -0.388 e. The highest BCUT2D eigenvalue weighted by molar-refractivity contribution is 5.75. The quantitative estimate of drug-likeness (QED) is 0.619. The van der Waals surface area contributed by atoms with Gasteiger partial charge in [-0.15, -0.1) is 0 Å². The van der Waals surface area contributed by atoms with Crippen molar-refractivity contribution in [3.8, 4) is 0 Å². The third-order valence-electron chi connectivity index (χ3n) is 2.90. The normalized spacial score (nSPS) is 18.3. The van der Waals surface area contributed by atoms with Gasteiger partial charge in [0.1, 0.15) is 0 Å². The average molecular weight is 215 g/mol. The monoisotopic (exact) mass is 215 g/mol. The van der Waals surface area contributed by atoms with Gasteiger partial charge in [0.25, 0.3) is 0 Å². The lowest BCUT2D eigenvalue weighted by Gasteiger charge is -2.36. The Labute approximate surface area is 91.0 Å². The van der Waals surface area contributed by atoms with Crippen molar-refractivity contribution in [2.24, 2.45) is 0 Å². The lowest BCUT2D eigenvalue weighted by molar-refractivity contribution is -0.123. The highest BCUT2D eigenvalue weighted by Crippen LogP contribution is 2.30. The van der Waals surface area contributed by atoms with Gasteiger partial charge in [0.15, 0.2) is 0 Å². The fourth-order valence-electron chi connectivity index (χ4n) is 1.65. The van der Waals surface area contributed by atoms with E-state index in [0.717, 1.165) is 32.1 Å². The van der Waals surface area contributed by atoms with Gasteiger partial charge < -0.3 is 15.2 Å². The SMILES string of the molecule is COCCCCC(=O)NCC1(O)CCC1. The number of rotatable bonds is 7. The molecular formula is C11H21NO3. The Bertz CT molecular complexity index is 202. The van der Waals surface area contributed by atoms with Crippen LogP contribution in [0.1, 0.15) is 38.5 Å². The van der Waals surface area contributed by atoms with Crippen LogP contribution in [0.25, 0.3) is 0 Å². The van der Waals surface area contributed by atoms with Gasteiger partial charge in [0, 0.05) is 26.7 Å². The van der Waals surface area contributed by atoms with Gasteiger partial charge in [-0.2, -0.15) is 0 Å².